The molecule has 1 aliphatic carbocycles. The molecule has 0 aromatic rings. The molecule has 1 unspecified atom stereocenters. The van der Waals surface area contributed by atoms with Crippen molar-refractivity contribution in [1.29, 1.82) is 0 Å². The number of hydrogen-bond acceptors (Lipinski definition) is 3. The van der Waals surface area contributed by atoms with Crippen LogP contribution in [0.15, 0.2) is 0 Å². The van der Waals surface area contributed by atoms with Gasteiger partial charge < -0.3 is 15.5 Å². The number of piperidine rings is 2. The van der Waals surface area contributed by atoms with Gasteiger partial charge in [0.15, 0.2) is 0 Å². The van der Waals surface area contributed by atoms with Crippen LogP contribution in [0, 0.1) is 17.8 Å². The molecular weight excluding hydrogens is 302 g/mol. The van der Waals surface area contributed by atoms with Gasteiger partial charge in [-0.2, -0.15) is 0 Å². The summed E-state index contributed by atoms with van der Waals surface area (Å²) in [5.74, 6) is 1.68. The molecule has 0 aromatic heterocycles. The van der Waals surface area contributed by atoms with Gasteiger partial charge in [-0.3, -0.25) is 9.59 Å². The Morgan fingerprint density at radius 2 is 1.71 bits per heavy atom. The Morgan fingerprint density at radius 1 is 0.958 bits per heavy atom. The summed E-state index contributed by atoms with van der Waals surface area (Å²) in [5.41, 5.74) is 6.09. The minimum atomic E-state index is 0.119. The molecule has 3 atom stereocenters. The highest BCUT2D eigenvalue weighted by molar-refractivity contribution is 5.80. The van der Waals surface area contributed by atoms with Crippen LogP contribution in [0.1, 0.15) is 58.3 Å². The first kappa shape index (κ1) is 17.7. The molecule has 2 heterocycles. The van der Waals surface area contributed by atoms with E-state index in [9.17, 15) is 9.59 Å². The molecule has 0 spiro atoms. The van der Waals surface area contributed by atoms with Crippen LogP contribution < -0.4 is 5.73 Å². The van der Waals surface area contributed by atoms with Gasteiger partial charge in [0.05, 0.1) is 0 Å². The van der Waals surface area contributed by atoms with E-state index in [0.717, 1.165) is 64.7 Å². The Morgan fingerprint density at radius 3 is 2.33 bits per heavy atom. The SMILES string of the molecule is CC1CCCN(C(=O)C2CCN(C(=O)C[C@@H]3CCC[C@H]3N)CC2)C1. The van der Waals surface area contributed by atoms with E-state index in [1.165, 1.54) is 6.42 Å². The summed E-state index contributed by atoms with van der Waals surface area (Å²) in [7, 11) is 0. The smallest absolute Gasteiger partial charge is 0.225 e. The zero-order valence-corrected chi connectivity index (χ0v) is 15.1. The minimum Gasteiger partial charge on any atom is -0.343 e. The molecule has 2 amide bonds. The minimum absolute atomic E-state index is 0.119. The van der Waals surface area contributed by atoms with Crippen LogP contribution in [0.25, 0.3) is 0 Å². The normalized spacial score (nSPS) is 32.2. The number of nitrogens with two attached hydrogens (primary N) is 1. The number of carbonyl (C=O) groups is 2. The van der Waals surface area contributed by atoms with Crippen LogP contribution in [0.3, 0.4) is 0 Å². The van der Waals surface area contributed by atoms with Gasteiger partial charge in [0.1, 0.15) is 0 Å². The van der Waals surface area contributed by atoms with Crippen LogP contribution in [0.5, 0.6) is 0 Å². The highest BCUT2D eigenvalue weighted by Crippen LogP contribution is 2.29. The molecule has 5 heteroatoms. The molecule has 0 bridgehead atoms. The van der Waals surface area contributed by atoms with Gasteiger partial charge in [-0.15, -0.1) is 0 Å². The van der Waals surface area contributed by atoms with Crippen molar-refractivity contribution in [2.75, 3.05) is 26.2 Å². The van der Waals surface area contributed by atoms with E-state index in [1.54, 1.807) is 0 Å². The number of rotatable bonds is 3. The van der Waals surface area contributed by atoms with E-state index in [1.807, 2.05) is 4.90 Å². The Bertz CT molecular complexity index is 460. The monoisotopic (exact) mass is 335 g/mol. The number of amides is 2. The quantitative estimate of drug-likeness (QED) is 0.858. The van der Waals surface area contributed by atoms with E-state index >= 15 is 0 Å². The lowest BCUT2D eigenvalue weighted by Gasteiger charge is -2.37. The Kier molecular flexibility index (Phi) is 5.80. The molecule has 2 saturated heterocycles. The van der Waals surface area contributed by atoms with Gasteiger partial charge in [0.25, 0.3) is 0 Å². The van der Waals surface area contributed by atoms with Crippen molar-refractivity contribution in [2.24, 2.45) is 23.5 Å². The third-order valence-electron chi connectivity index (χ3n) is 6.32. The molecule has 136 valence electrons. The summed E-state index contributed by atoms with van der Waals surface area (Å²) in [4.78, 5) is 29.2. The topological polar surface area (TPSA) is 66.6 Å². The fourth-order valence-electron chi connectivity index (χ4n) is 4.70. The van der Waals surface area contributed by atoms with E-state index in [2.05, 4.69) is 11.8 Å². The molecule has 3 rings (SSSR count). The standard InChI is InChI=1S/C19H33N3O2/c1-14-4-3-9-22(13-14)19(24)15-7-10-21(11-8-15)18(23)12-16-5-2-6-17(16)20/h14-17H,2-13,20H2,1H3/t14?,16-,17+/m0/s1. The van der Waals surface area contributed by atoms with Gasteiger partial charge in [0, 0.05) is 44.6 Å². The van der Waals surface area contributed by atoms with Gasteiger partial charge in [-0.1, -0.05) is 13.3 Å². The van der Waals surface area contributed by atoms with Crippen molar-refractivity contribution in [3.05, 3.63) is 0 Å². The lowest BCUT2D eigenvalue weighted by Crippen LogP contribution is -2.47. The maximum atomic E-state index is 12.7. The lowest BCUT2D eigenvalue weighted by atomic mass is 9.92. The largest absolute Gasteiger partial charge is 0.343 e. The predicted octanol–water partition coefficient (Wildman–Crippen LogP) is 2.00. The zero-order valence-electron chi connectivity index (χ0n) is 15.1. The molecule has 1 saturated carbocycles. The summed E-state index contributed by atoms with van der Waals surface area (Å²) >= 11 is 0. The molecular formula is C19H33N3O2. The van der Waals surface area contributed by atoms with Crippen LogP contribution in [0.4, 0.5) is 0 Å². The summed E-state index contributed by atoms with van der Waals surface area (Å²) in [5, 5.41) is 0. The fourth-order valence-corrected chi connectivity index (χ4v) is 4.70. The van der Waals surface area contributed by atoms with Gasteiger partial charge in [0.2, 0.25) is 11.8 Å². The number of likely N-dealkylation sites (tertiary alicyclic amines) is 2. The summed E-state index contributed by atoms with van der Waals surface area (Å²) in [6, 6.07) is 0.203. The third kappa shape index (κ3) is 4.11. The van der Waals surface area contributed by atoms with Crippen LogP contribution in [0.2, 0.25) is 0 Å². The molecule has 2 N–H and O–H groups in total. The van der Waals surface area contributed by atoms with Gasteiger partial charge >= 0.3 is 0 Å². The van der Waals surface area contributed by atoms with Crippen molar-refractivity contribution in [3.63, 3.8) is 0 Å². The Labute approximate surface area is 145 Å². The molecule has 24 heavy (non-hydrogen) atoms. The Hall–Kier alpha value is -1.10. The van der Waals surface area contributed by atoms with Crippen LogP contribution in [-0.2, 0) is 9.59 Å². The number of hydrogen-bond donors (Lipinski definition) is 1. The van der Waals surface area contributed by atoms with Gasteiger partial charge in [-0.25, -0.2) is 0 Å². The molecule has 3 aliphatic rings. The number of nitrogens with zero attached hydrogens (tertiary/aromatic N) is 2. The first-order chi connectivity index (χ1) is 11.5. The molecule has 3 fully saturated rings. The predicted molar refractivity (Wildman–Crippen MR) is 94.2 cm³/mol. The Balaban J connectivity index is 1.45. The van der Waals surface area contributed by atoms with E-state index in [0.29, 0.717) is 24.2 Å². The van der Waals surface area contributed by atoms with E-state index in [-0.39, 0.29) is 17.9 Å². The molecule has 5 nitrogen and oxygen atoms in total. The van der Waals surface area contributed by atoms with Crippen molar-refractivity contribution in [3.8, 4) is 0 Å². The molecule has 0 aromatic carbocycles. The van der Waals surface area contributed by atoms with Crippen LogP contribution in [-0.4, -0.2) is 53.8 Å². The fraction of sp³-hybridized carbons (Fsp3) is 0.895. The first-order valence-corrected chi connectivity index (χ1v) is 9.86. The molecule has 2 aliphatic heterocycles. The average Bonchev–Trinajstić information content (AvgIpc) is 2.99. The highest BCUT2D eigenvalue weighted by Gasteiger charge is 2.33. The van der Waals surface area contributed by atoms with E-state index in [4.69, 9.17) is 5.73 Å². The maximum Gasteiger partial charge on any atom is 0.225 e. The number of carbonyl (C=O) groups excluding carboxylic acids is 2. The van der Waals surface area contributed by atoms with E-state index < -0.39 is 0 Å². The second kappa shape index (κ2) is 7.85. The van der Waals surface area contributed by atoms with Crippen molar-refractivity contribution >= 4 is 11.8 Å². The summed E-state index contributed by atoms with van der Waals surface area (Å²) < 4.78 is 0. The maximum absolute atomic E-state index is 12.7. The lowest BCUT2D eigenvalue weighted by molar-refractivity contribution is -0.142. The van der Waals surface area contributed by atoms with Crippen LogP contribution >= 0.6 is 0 Å². The molecule has 0 radical (unpaired) electrons. The summed E-state index contributed by atoms with van der Waals surface area (Å²) in [6.45, 7) is 5.54. The van der Waals surface area contributed by atoms with Crippen molar-refractivity contribution in [2.45, 2.75) is 64.3 Å². The van der Waals surface area contributed by atoms with Crippen molar-refractivity contribution in [1.82, 2.24) is 9.80 Å². The summed E-state index contributed by atoms with van der Waals surface area (Å²) in [6.07, 6.45) is 7.93. The van der Waals surface area contributed by atoms with Crippen molar-refractivity contribution < 1.29 is 9.59 Å². The van der Waals surface area contributed by atoms with Gasteiger partial charge in [-0.05, 0) is 50.4 Å². The zero-order chi connectivity index (χ0) is 17.1. The third-order valence-corrected chi connectivity index (χ3v) is 6.32. The average molecular weight is 335 g/mol. The first-order valence-electron chi connectivity index (χ1n) is 9.86. The second-order valence-corrected chi connectivity index (χ2v) is 8.25. The second-order valence-electron chi connectivity index (χ2n) is 8.25. The highest BCUT2D eigenvalue weighted by atomic mass is 16.2.